The fourth-order valence-corrected chi connectivity index (χ4v) is 2.07. The maximum Gasteiger partial charge on any atom is 0.305 e. The molecule has 0 saturated carbocycles. The van der Waals surface area contributed by atoms with Gasteiger partial charge in [0.15, 0.2) is 0 Å². The van der Waals surface area contributed by atoms with Crippen LogP contribution in [0.4, 0.5) is 5.69 Å². The fraction of sp³-hybridized carbons (Fsp3) is 0.400. The van der Waals surface area contributed by atoms with Crippen LogP contribution in [0.25, 0.3) is 0 Å². The van der Waals surface area contributed by atoms with E-state index < -0.39 is 5.97 Å². The normalized spacial score (nSPS) is 9.83. The van der Waals surface area contributed by atoms with E-state index in [2.05, 4.69) is 18.9 Å². The molecule has 0 spiro atoms. The van der Waals surface area contributed by atoms with Crippen LogP contribution in [0.2, 0.25) is 0 Å². The lowest BCUT2D eigenvalue weighted by Crippen LogP contribution is -2.28. The van der Waals surface area contributed by atoms with Gasteiger partial charge in [0, 0.05) is 12.2 Å². The monoisotopic (exact) mass is 245 g/mol. The van der Waals surface area contributed by atoms with Crippen molar-refractivity contribution in [2.75, 3.05) is 18.0 Å². The van der Waals surface area contributed by atoms with Gasteiger partial charge in [0.25, 0.3) is 0 Å². The Labute approximate surface area is 108 Å². The maximum absolute atomic E-state index is 10.7. The van der Waals surface area contributed by atoms with E-state index in [1.807, 2.05) is 24.0 Å². The molecular formula is C15H19NO2. The zero-order valence-electron chi connectivity index (χ0n) is 10.9. The van der Waals surface area contributed by atoms with Crippen LogP contribution in [-0.4, -0.2) is 24.2 Å². The van der Waals surface area contributed by atoms with Gasteiger partial charge in [-0.25, -0.2) is 0 Å². The molecule has 3 nitrogen and oxygen atoms in total. The predicted molar refractivity (Wildman–Crippen MR) is 73.9 cm³/mol. The van der Waals surface area contributed by atoms with Crippen LogP contribution in [0, 0.1) is 19.3 Å². The number of aliphatic carboxylic acids is 1. The third kappa shape index (κ3) is 3.53. The summed E-state index contributed by atoms with van der Waals surface area (Å²) in [4.78, 5) is 12.7. The van der Waals surface area contributed by atoms with Crippen molar-refractivity contribution in [2.45, 2.75) is 26.7 Å². The molecule has 0 bridgehead atoms. The molecule has 0 radical (unpaired) electrons. The van der Waals surface area contributed by atoms with Crippen molar-refractivity contribution in [3.05, 3.63) is 29.3 Å². The molecule has 0 heterocycles. The maximum atomic E-state index is 10.7. The summed E-state index contributed by atoms with van der Waals surface area (Å²) in [5, 5.41) is 8.79. The van der Waals surface area contributed by atoms with Crippen molar-refractivity contribution in [3.8, 4) is 12.3 Å². The topological polar surface area (TPSA) is 40.5 Å². The first-order valence-corrected chi connectivity index (χ1v) is 6.08. The van der Waals surface area contributed by atoms with Gasteiger partial charge in [-0.3, -0.25) is 4.79 Å². The fourth-order valence-electron chi connectivity index (χ4n) is 2.07. The molecule has 0 aliphatic carbocycles. The molecular weight excluding hydrogens is 226 g/mol. The first-order chi connectivity index (χ1) is 8.60. The summed E-state index contributed by atoms with van der Waals surface area (Å²) in [5.41, 5.74) is 3.42. The molecule has 0 fully saturated rings. The second-order valence-electron chi connectivity index (χ2n) is 4.21. The molecule has 1 rings (SSSR count). The summed E-state index contributed by atoms with van der Waals surface area (Å²) in [6.07, 6.45) is 6.38. The standard InChI is InChI=1S/C15H19NO2/c1-4-10-16(11-9-14(17)18)15-12(3)7-6-8-13(15)5-2/h1,6-8H,5,9-11H2,2-3H3,(H,17,18). The number of aryl methyl sites for hydroxylation is 2. The van der Waals surface area contributed by atoms with Gasteiger partial charge in [-0.15, -0.1) is 6.42 Å². The Balaban J connectivity index is 3.04. The Morgan fingerprint density at radius 1 is 1.50 bits per heavy atom. The van der Waals surface area contributed by atoms with Gasteiger partial charge in [-0.05, 0) is 24.5 Å². The minimum atomic E-state index is -0.802. The van der Waals surface area contributed by atoms with E-state index in [1.54, 1.807) is 0 Å². The third-order valence-electron chi connectivity index (χ3n) is 2.90. The highest BCUT2D eigenvalue weighted by atomic mass is 16.4. The second kappa shape index (κ2) is 6.70. The molecule has 18 heavy (non-hydrogen) atoms. The van der Waals surface area contributed by atoms with Crippen LogP contribution < -0.4 is 4.90 Å². The van der Waals surface area contributed by atoms with E-state index in [-0.39, 0.29) is 6.42 Å². The number of carboxylic acid groups (broad SMARTS) is 1. The van der Waals surface area contributed by atoms with Crippen molar-refractivity contribution in [1.82, 2.24) is 0 Å². The van der Waals surface area contributed by atoms with Crippen molar-refractivity contribution in [2.24, 2.45) is 0 Å². The van der Waals surface area contributed by atoms with Crippen LogP contribution in [0.5, 0.6) is 0 Å². The Hall–Kier alpha value is -1.95. The van der Waals surface area contributed by atoms with Crippen molar-refractivity contribution >= 4 is 11.7 Å². The average Bonchev–Trinajstić information content (AvgIpc) is 2.34. The van der Waals surface area contributed by atoms with E-state index in [4.69, 9.17) is 11.5 Å². The number of anilines is 1. The molecule has 1 aromatic carbocycles. The highest BCUT2D eigenvalue weighted by molar-refractivity contribution is 5.68. The molecule has 3 heteroatoms. The first kappa shape index (κ1) is 14.1. The predicted octanol–water partition coefficient (Wildman–Crippen LogP) is 2.47. The highest BCUT2D eigenvalue weighted by Crippen LogP contribution is 2.25. The summed E-state index contributed by atoms with van der Waals surface area (Å²) in [5.74, 6) is 1.80. The van der Waals surface area contributed by atoms with Crippen molar-refractivity contribution in [3.63, 3.8) is 0 Å². The van der Waals surface area contributed by atoms with Crippen LogP contribution in [0.3, 0.4) is 0 Å². The van der Waals surface area contributed by atoms with Gasteiger partial charge < -0.3 is 10.0 Å². The molecule has 0 aliphatic heterocycles. The van der Waals surface area contributed by atoms with Crippen LogP contribution in [-0.2, 0) is 11.2 Å². The number of para-hydroxylation sites is 1. The Morgan fingerprint density at radius 2 is 2.22 bits per heavy atom. The van der Waals surface area contributed by atoms with Gasteiger partial charge in [0.1, 0.15) is 0 Å². The molecule has 0 aliphatic rings. The van der Waals surface area contributed by atoms with Crippen molar-refractivity contribution in [1.29, 1.82) is 0 Å². The smallest absolute Gasteiger partial charge is 0.305 e. The lowest BCUT2D eigenvalue weighted by molar-refractivity contribution is -0.136. The molecule has 96 valence electrons. The SMILES string of the molecule is C#CCN(CCC(=O)O)c1c(C)cccc1CC. The number of hydrogen-bond acceptors (Lipinski definition) is 2. The van der Waals surface area contributed by atoms with Gasteiger partial charge in [-0.1, -0.05) is 31.0 Å². The summed E-state index contributed by atoms with van der Waals surface area (Å²) in [6, 6.07) is 6.11. The Bertz CT molecular complexity index is 460. The lowest BCUT2D eigenvalue weighted by atomic mass is 10.0. The molecule has 1 aromatic rings. The van der Waals surface area contributed by atoms with Gasteiger partial charge >= 0.3 is 5.97 Å². The summed E-state index contributed by atoms with van der Waals surface area (Å²) in [7, 11) is 0. The third-order valence-corrected chi connectivity index (χ3v) is 2.90. The number of terminal acetylenes is 1. The van der Waals surface area contributed by atoms with E-state index in [1.165, 1.54) is 5.56 Å². The summed E-state index contributed by atoms with van der Waals surface area (Å²) < 4.78 is 0. The number of carbonyl (C=O) groups is 1. The Kier molecular flexibility index (Phi) is 5.26. The summed E-state index contributed by atoms with van der Waals surface area (Å²) in [6.45, 7) is 4.99. The van der Waals surface area contributed by atoms with Gasteiger partial charge in [0.05, 0.1) is 13.0 Å². The molecule has 0 atom stereocenters. The number of rotatable bonds is 6. The van der Waals surface area contributed by atoms with Gasteiger partial charge in [0.2, 0.25) is 0 Å². The average molecular weight is 245 g/mol. The second-order valence-corrected chi connectivity index (χ2v) is 4.21. The first-order valence-electron chi connectivity index (χ1n) is 6.08. The van der Waals surface area contributed by atoms with E-state index in [0.29, 0.717) is 13.1 Å². The zero-order chi connectivity index (χ0) is 13.5. The number of carboxylic acids is 1. The Morgan fingerprint density at radius 3 is 2.78 bits per heavy atom. The summed E-state index contributed by atoms with van der Waals surface area (Å²) >= 11 is 0. The molecule has 0 unspecified atom stereocenters. The largest absolute Gasteiger partial charge is 0.481 e. The zero-order valence-corrected chi connectivity index (χ0v) is 10.9. The quantitative estimate of drug-likeness (QED) is 0.783. The molecule has 1 N–H and O–H groups in total. The van der Waals surface area contributed by atoms with Crippen molar-refractivity contribution < 1.29 is 9.90 Å². The van der Waals surface area contributed by atoms with E-state index in [0.717, 1.165) is 17.7 Å². The molecule has 0 amide bonds. The lowest BCUT2D eigenvalue weighted by Gasteiger charge is -2.26. The highest BCUT2D eigenvalue weighted by Gasteiger charge is 2.13. The molecule has 0 saturated heterocycles. The van der Waals surface area contributed by atoms with E-state index >= 15 is 0 Å². The minimum Gasteiger partial charge on any atom is -0.481 e. The number of nitrogens with zero attached hydrogens (tertiary/aromatic N) is 1. The number of benzene rings is 1. The molecule has 0 aromatic heterocycles. The minimum absolute atomic E-state index is 0.0964. The van der Waals surface area contributed by atoms with Crippen LogP contribution in [0.15, 0.2) is 18.2 Å². The van der Waals surface area contributed by atoms with E-state index in [9.17, 15) is 4.79 Å². The van der Waals surface area contributed by atoms with Crippen LogP contribution in [0.1, 0.15) is 24.5 Å². The van der Waals surface area contributed by atoms with Gasteiger partial charge in [-0.2, -0.15) is 0 Å². The number of hydrogen-bond donors (Lipinski definition) is 1. The van der Waals surface area contributed by atoms with Crippen LogP contribution >= 0.6 is 0 Å².